The average molecular weight is 421 g/mol. The number of sulfonamides is 1. The van der Waals surface area contributed by atoms with Crippen LogP contribution in [0.5, 0.6) is 0 Å². The third-order valence-electron chi connectivity index (χ3n) is 4.54. The number of methoxy groups -OCH3 is 1. The summed E-state index contributed by atoms with van der Waals surface area (Å²) >= 11 is 0. The molecule has 5 N–H and O–H groups in total. The molecule has 1 amide bonds. The van der Waals surface area contributed by atoms with E-state index in [1.54, 1.807) is 13.2 Å². The molecule has 2 atom stereocenters. The van der Waals surface area contributed by atoms with Gasteiger partial charge in [0.2, 0.25) is 15.9 Å². The van der Waals surface area contributed by atoms with Gasteiger partial charge in [-0.05, 0) is 44.5 Å². The number of amides is 1. The molecule has 1 saturated carbocycles. The van der Waals surface area contributed by atoms with E-state index in [1.807, 2.05) is 0 Å². The van der Waals surface area contributed by atoms with Gasteiger partial charge < -0.3 is 21.1 Å². The highest BCUT2D eigenvalue weighted by atomic mass is 35.5. The Kier molecular flexibility index (Phi) is 9.48. The number of rotatable bonds is 8. The van der Waals surface area contributed by atoms with Crippen LogP contribution >= 0.6 is 12.4 Å². The molecule has 1 fully saturated rings. The van der Waals surface area contributed by atoms with E-state index >= 15 is 0 Å². The molecule has 0 heterocycles. The summed E-state index contributed by atoms with van der Waals surface area (Å²) < 4.78 is 31.4. The molecular weight excluding hydrogens is 392 g/mol. The number of anilines is 2. The first-order valence-electron chi connectivity index (χ1n) is 8.74. The molecule has 154 valence electrons. The minimum atomic E-state index is -3.61. The summed E-state index contributed by atoms with van der Waals surface area (Å²) in [6.07, 6.45) is 3.29. The molecule has 1 aromatic carbocycles. The molecular formula is C17H29ClN4O4S. The molecule has 1 aliphatic carbocycles. The maximum atomic E-state index is 12.6. The van der Waals surface area contributed by atoms with Gasteiger partial charge in [-0.15, -0.1) is 12.4 Å². The van der Waals surface area contributed by atoms with Crippen LogP contribution in [-0.2, 0) is 19.6 Å². The Morgan fingerprint density at radius 3 is 2.67 bits per heavy atom. The van der Waals surface area contributed by atoms with E-state index in [9.17, 15) is 13.2 Å². The van der Waals surface area contributed by atoms with E-state index < -0.39 is 10.0 Å². The molecule has 2 rings (SSSR count). The summed E-state index contributed by atoms with van der Waals surface area (Å²) in [4.78, 5) is 12.7. The molecule has 0 spiro atoms. The van der Waals surface area contributed by atoms with Crippen molar-refractivity contribution in [2.75, 3.05) is 37.9 Å². The van der Waals surface area contributed by atoms with E-state index in [1.165, 1.54) is 19.2 Å². The summed E-state index contributed by atoms with van der Waals surface area (Å²) in [6, 6.07) is 4.63. The lowest BCUT2D eigenvalue weighted by Gasteiger charge is -2.26. The molecule has 0 radical (unpaired) electrons. The smallest absolute Gasteiger partial charge is 0.240 e. The zero-order chi connectivity index (χ0) is 19.2. The zero-order valence-electron chi connectivity index (χ0n) is 15.7. The summed E-state index contributed by atoms with van der Waals surface area (Å²) in [6.45, 7) is 1.02. The maximum Gasteiger partial charge on any atom is 0.240 e. The number of ether oxygens (including phenoxy) is 1. The SMILES string of the molecule is CNS(=O)(=O)c1ccc(NCCOC)c(NC(=O)C2CCCC(N)C2)c1.Cl. The van der Waals surface area contributed by atoms with Crippen LogP contribution in [0.25, 0.3) is 0 Å². The summed E-state index contributed by atoms with van der Waals surface area (Å²) in [5.74, 6) is -0.288. The van der Waals surface area contributed by atoms with Crippen LogP contribution in [0, 0.1) is 5.92 Å². The highest BCUT2D eigenvalue weighted by molar-refractivity contribution is 7.89. The number of carbonyl (C=O) groups excluding carboxylic acids is 1. The first-order valence-corrected chi connectivity index (χ1v) is 10.2. The van der Waals surface area contributed by atoms with Gasteiger partial charge >= 0.3 is 0 Å². The van der Waals surface area contributed by atoms with Gasteiger partial charge in [0, 0.05) is 25.6 Å². The number of hydrogen-bond donors (Lipinski definition) is 4. The highest BCUT2D eigenvalue weighted by Gasteiger charge is 2.26. The van der Waals surface area contributed by atoms with Crippen molar-refractivity contribution in [3.05, 3.63) is 18.2 Å². The van der Waals surface area contributed by atoms with E-state index in [0.29, 0.717) is 30.9 Å². The lowest BCUT2D eigenvalue weighted by atomic mass is 9.85. The second kappa shape index (κ2) is 10.8. The van der Waals surface area contributed by atoms with Crippen LogP contribution in [0.4, 0.5) is 11.4 Å². The largest absolute Gasteiger partial charge is 0.383 e. The van der Waals surface area contributed by atoms with Crippen LogP contribution in [0.15, 0.2) is 23.1 Å². The maximum absolute atomic E-state index is 12.6. The lowest BCUT2D eigenvalue weighted by molar-refractivity contribution is -0.120. The quantitative estimate of drug-likeness (QED) is 0.473. The van der Waals surface area contributed by atoms with Gasteiger partial charge in [0.25, 0.3) is 0 Å². The second-order valence-electron chi connectivity index (χ2n) is 6.45. The predicted molar refractivity (Wildman–Crippen MR) is 109 cm³/mol. The van der Waals surface area contributed by atoms with Crippen molar-refractivity contribution in [1.82, 2.24) is 4.72 Å². The molecule has 0 aromatic heterocycles. The van der Waals surface area contributed by atoms with Crippen molar-refractivity contribution in [2.45, 2.75) is 36.6 Å². The van der Waals surface area contributed by atoms with Gasteiger partial charge in [-0.25, -0.2) is 13.1 Å². The van der Waals surface area contributed by atoms with Crippen LogP contribution in [0.1, 0.15) is 25.7 Å². The minimum absolute atomic E-state index is 0. The number of halogens is 1. The third kappa shape index (κ3) is 6.62. The Hall–Kier alpha value is -1.39. The fourth-order valence-electron chi connectivity index (χ4n) is 3.05. The molecule has 0 aliphatic heterocycles. The van der Waals surface area contributed by atoms with E-state index in [-0.39, 0.29) is 35.2 Å². The summed E-state index contributed by atoms with van der Waals surface area (Å²) in [5, 5.41) is 6.02. The van der Waals surface area contributed by atoms with Crippen LogP contribution < -0.4 is 21.1 Å². The Morgan fingerprint density at radius 2 is 2.04 bits per heavy atom. The molecule has 27 heavy (non-hydrogen) atoms. The summed E-state index contributed by atoms with van der Waals surface area (Å²) in [5.41, 5.74) is 7.05. The van der Waals surface area contributed by atoms with Gasteiger partial charge in [0.05, 0.1) is 22.9 Å². The van der Waals surface area contributed by atoms with Crippen molar-refractivity contribution in [2.24, 2.45) is 11.7 Å². The monoisotopic (exact) mass is 420 g/mol. The number of benzene rings is 1. The van der Waals surface area contributed by atoms with Gasteiger partial charge in [-0.3, -0.25) is 4.79 Å². The van der Waals surface area contributed by atoms with Crippen LogP contribution in [0.2, 0.25) is 0 Å². The van der Waals surface area contributed by atoms with Gasteiger partial charge in [-0.2, -0.15) is 0 Å². The zero-order valence-corrected chi connectivity index (χ0v) is 17.3. The van der Waals surface area contributed by atoms with E-state index in [2.05, 4.69) is 15.4 Å². The Bertz CT molecular complexity index is 730. The van der Waals surface area contributed by atoms with Gasteiger partial charge in [-0.1, -0.05) is 6.42 Å². The Morgan fingerprint density at radius 1 is 1.30 bits per heavy atom. The van der Waals surface area contributed by atoms with E-state index in [0.717, 1.165) is 19.3 Å². The molecule has 0 bridgehead atoms. The molecule has 10 heteroatoms. The fourth-order valence-corrected chi connectivity index (χ4v) is 3.81. The first-order chi connectivity index (χ1) is 12.4. The van der Waals surface area contributed by atoms with Gasteiger partial charge in [0.15, 0.2) is 0 Å². The number of nitrogens with one attached hydrogen (secondary N) is 3. The average Bonchev–Trinajstić information content (AvgIpc) is 2.63. The van der Waals surface area contributed by atoms with Crippen molar-refractivity contribution >= 4 is 39.7 Å². The normalized spacial score (nSPS) is 19.8. The van der Waals surface area contributed by atoms with Crippen molar-refractivity contribution in [3.8, 4) is 0 Å². The Balaban J connectivity index is 0.00000364. The third-order valence-corrected chi connectivity index (χ3v) is 5.95. The number of carbonyl (C=O) groups is 1. The number of hydrogen-bond acceptors (Lipinski definition) is 6. The van der Waals surface area contributed by atoms with E-state index in [4.69, 9.17) is 10.5 Å². The molecule has 1 aliphatic rings. The van der Waals surface area contributed by atoms with Crippen LogP contribution in [-0.4, -0.2) is 47.7 Å². The second-order valence-corrected chi connectivity index (χ2v) is 8.33. The van der Waals surface area contributed by atoms with Crippen molar-refractivity contribution in [3.63, 3.8) is 0 Å². The Labute approximate surface area is 167 Å². The summed E-state index contributed by atoms with van der Waals surface area (Å²) in [7, 11) is -0.660. The minimum Gasteiger partial charge on any atom is -0.383 e. The highest BCUT2D eigenvalue weighted by Crippen LogP contribution is 2.29. The standard InChI is InChI=1S/C17H28N4O4S.ClH/c1-19-26(23,24)14-6-7-15(20-8-9-25-2)16(11-14)21-17(22)12-4-3-5-13(18)10-12;/h6-7,11-13,19-20H,3-5,8-10,18H2,1-2H3,(H,21,22);1H. The van der Waals surface area contributed by atoms with Gasteiger partial charge in [0.1, 0.15) is 0 Å². The molecule has 1 aromatic rings. The predicted octanol–water partition coefficient (Wildman–Crippen LogP) is 1.53. The topological polar surface area (TPSA) is 123 Å². The van der Waals surface area contributed by atoms with Crippen LogP contribution in [0.3, 0.4) is 0 Å². The molecule has 8 nitrogen and oxygen atoms in total. The molecule has 0 saturated heterocycles. The fraction of sp³-hybridized carbons (Fsp3) is 0.588. The number of nitrogens with two attached hydrogens (primary N) is 1. The van der Waals surface area contributed by atoms with Crippen molar-refractivity contribution in [1.29, 1.82) is 0 Å². The molecule has 2 unspecified atom stereocenters. The lowest BCUT2D eigenvalue weighted by Crippen LogP contribution is -2.34. The first kappa shape index (κ1) is 23.6. The van der Waals surface area contributed by atoms with Crippen molar-refractivity contribution < 1.29 is 17.9 Å².